The summed E-state index contributed by atoms with van der Waals surface area (Å²) in [5.41, 5.74) is 0. The van der Waals surface area contributed by atoms with Crippen LogP contribution in [0, 0.1) is 0 Å². The number of ether oxygens (including phenoxy) is 1. The molecule has 1 atom stereocenters. The fourth-order valence-corrected chi connectivity index (χ4v) is 4.70. The molecule has 1 fully saturated rings. The Hall–Kier alpha value is -1.43. The molecular formula is C17H22NO3S+. The van der Waals surface area contributed by atoms with E-state index in [4.69, 9.17) is 4.74 Å². The largest absolute Gasteiger partial charge is 0.370 e. The Labute approximate surface area is 131 Å². The Bertz CT molecular complexity index is 751. The van der Waals surface area contributed by atoms with E-state index in [-0.39, 0.29) is 11.8 Å². The lowest BCUT2D eigenvalue weighted by Gasteiger charge is -2.29. The number of quaternary nitrogens is 1. The van der Waals surface area contributed by atoms with Crippen molar-refractivity contribution in [3.8, 4) is 0 Å². The van der Waals surface area contributed by atoms with Gasteiger partial charge in [-0.3, -0.25) is 0 Å². The Kier molecular flexibility index (Phi) is 4.47. The molecule has 2 aromatic carbocycles. The van der Waals surface area contributed by atoms with E-state index >= 15 is 0 Å². The summed E-state index contributed by atoms with van der Waals surface area (Å²) in [4.78, 5) is 1.74. The van der Waals surface area contributed by atoms with Crippen molar-refractivity contribution < 1.29 is 18.1 Å². The summed E-state index contributed by atoms with van der Waals surface area (Å²) < 4.78 is 30.7. The summed E-state index contributed by atoms with van der Waals surface area (Å²) in [6.45, 7) is 5.22. The predicted molar refractivity (Wildman–Crippen MR) is 87.0 cm³/mol. The highest BCUT2D eigenvalue weighted by Gasteiger charge is 2.27. The van der Waals surface area contributed by atoms with Gasteiger partial charge in [-0.2, -0.15) is 0 Å². The number of sulfone groups is 1. The average molecular weight is 320 g/mol. The average Bonchev–Trinajstić information content (AvgIpc) is 2.55. The molecule has 1 aliphatic rings. The highest BCUT2D eigenvalue weighted by Crippen LogP contribution is 2.20. The van der Waals surface area contributed by atoms with Crippen LogP contribution in [0.1, 0.15) is 6.92 Å². The van der Waals surface area contributed by atoms with Gasteiger partial charge in [0.1, 0.15) is 18.8 Å². The van der Waals surface area contributed by atoms with Crippen LogP contribution >= 0.6 is 0 Å². The van der Waals surface area contributed by atoms with Crippen LogP contribution in [-0.2, 0) is 14.6 Å². The zero-order valence-corrected chi connectivity index (χ0v) is 13.6. The molecule has 22 heavy (non-hydrogen) atoms. The summed E-state index contributed by atoms with van der Waals surface area (Å²) in [6.07, 6.45) is 0. The Morgan fingerprint density at radius 2 is 1.77 bits per heavy atom. The molecule has 0 saturated carbocycles. The van der Waals surface area contributed by atoms with E-state index in [2.05, 4.69) is 0 Å². The first-order valence-electron chi connectivity index (χ1n) is 7.70. The fourth-order valence-electron chi connectivity index (χ4n) is 3.03. The third-order valence-corrected chi connectivity index (χ3v) is 6.29. The van der Waals surface area contributed by atoms with Gasteiger partial charge in [0.15, 0.2) is 9.84 Å². The molecule has 0 spiro atoms. The summed E-state index contributed by atoms with van der Waals surface area (Å²) in [5.74, 6) is 0.181. The fraction of sp³-hybridized carbons (Fsp3) is 0.412. The molecule has 4 nitrogen and oxygen atoms in total. The highest BCUT2D eigenvalue weighted by atomic mass is 32.2. The Morgan fingerprint density at radius 1 is 1.09 bits per heavy atom. The quantitative estimate of drug-likeness (QED) is 0.911. The molecule has 1 N–H and O–H groups in total. The smallest absolute Gasteiger partial charge is 0.184 e. The first kappa shape index (κ1) is 15.5. The molecule has 0 unspecified atom stereocenters. The summed E-state index contributed by atoms with van der Waals surface area (Å²) in [7, 11) is -3.26. The van der Waals surface area contributed by atoms with Gasteiger partial charge < -0.3 is 9.64 Å². The van der Waals surface area contributed by atoms with Crippen molar-refractivity contribution in [3.63, 3.8) is 0 Å². The molecule has 2 aromatic rings. The third-order valence-electron chi connectivity index (χ3n) is 4.38. The van der Waals surface area contributed by atoms with Crippen LogP contribution in [0.4, 0.5) is 0 Å². The number of hydrogen-bond acceptors (Lipinski definition) is 3. The molecule has 1 aliphatic heterocycles. The molecule has 0 aromatic heterocycles. The van der Waals surface area contributed by atoms with Crippen molar-refractivity contribution in [2.24, 2.45) is 0 Å². The van der Waals surface area contributed by atoms with Gasteiger partial charge in [0.25, 0.3) is 0 Å². The number of nitrogens with one attached hydrogen (secondary N) is 1. The second-order valence-corrected chi connectivity index (χ2v) is 8.00. The van der Waals surface area contributed by atoms with Gasteiger partial charge in [0, 0.05) is 0 Å². The van der Waals surface area contributed by atoms with Gasteiger partial charge in [-0.15, -0.1) is 0 Å². The number of hydrogen-bond donors (Lipinski definition) is 1. The zero-order valence-electron chi connectivity index (χ0n) is 12.8. The Morgan fingerprint density at radius 3 is 2.50 bits per heavy atom. The van der Waals surface area contributed by atoms with E-state index in [1.807, 2.05) is 37.3 Å². The SMILES string of the molecule is C[C@@H](CS(=O)(=O)c1ccc2ccccc2c1)[NH+]1CCOCC1. The molecule has 0 radical (unpaired) electrons. The van der Waals surface area contributed by atoms with Crippen molar-refractivity contribution in [2.75, 3.05) is 32.1 Å². The number of benzene rings is 2. The lowest BCUT2D eigenvalue weighted by molar-refractivity contribution is -0.928. The normalized spacial score (nSPS) is 18.4. The topological polar surface area (TPSA) is 47.8 Å². The van der Waals surface area contributed by atoms with Crippen LogP contribution in [0.5, 0.6) is 0 Å². The van der Waals surface area contributed by atoms with E-state index in [1.165, 1.54) is 4.90 Å². The van der Waals surface area contributed by atoms with Crippen LogP contribution < -0.4 is 4.90 Å². The molecule has 1 heterocycles. The van der Waals surface area contributed by atoms with Crippen LogP contribution in [0.15, 0.2) is 47.4 Å². The van der Waals surface area contributed by atoms with Crippen molar-refractivity contribution in [2.45, 2.75) is 17.9 Å². The van der Waals surface area contributed by atoms with E-state index in [1.54, 1.807) is 12.1 Å². The summed E-state index contributed by atoms with van der Waals surface area (Å²) in [5, 5.41) is 2.03. The van der Waals surface area contributed by atoms with Crippen LogP contribution in [0.25, 0.3) is 10.8 Å². The van der Waals surface area contributed by atoms with E-state index < -0.39 is 9.84 Å². The standard InChI is InChI=1S/C17H21NO3S/c1-14(18-8-10-21-11-9-18)13-22(19,20)17-7-6-15-4-2-3-5-16(15)12-17/h2-7,12,14H,8-11,13H2,1H3/p+1/t14-/m0/s1. The van der Waals surface area contributed by atoms with Crippen LogP contribution in [-0.4, -0.2) is 46.5 Å². The van der Waals surface area contributed by atoms with Crippen molar-refractivity contribution in [1.29, 1.82) is 0 Å². The first-order valence-corrected chi connectivity index (χ1v) is 9.35. The molecule has 0 aliphatic carbocycles. The summed E-state index contributed by atoms with van der Waals surface area (Å²) >= 11 is 0. The molecule has 0 bridgehead atoms. The van der Waals surface area contributed by atoms with Gasteiger partial charge in [-0.1, -0.05) is 30.3 Å². The maximum Gasteiger partial charge on any atom is 0.184 e. The van der Waals surface area contributed by atoms with Crippen molar-refractivity contribution in [1.82, 2.24) is 0 Å². The molecule has 1 saturated heterocycles. The van der Waals surface area contributed by atoms with Gasteiger partial charge >= 0.3 is 0 Å². The second-order valence-electron chi connectivity index (χ2n) is 5.96. The molecule has 0 amide bonds. The van der Waals surface area contributed by atoms with E-state index in [9.17, 15) is 8.42 Å². The number of rotatable bonds is 4. The third kappa shape index (κ3) is 3.32. The van der Waals surface area contributed by atoms with Gasteiger partial charge in [0.2, 0.25) is 0 Å². The molecular weight excluding hydrogens is 298 g/mol. The Balaban J connectivity index is 1.81. The number of morpholine rings is 1. The molecule has 5 heteroatoms. The minimum Gasteiger partial charge on any atom is -0.370 e. The minimum atomic E-state index is -3.26. The molecule has 3 rings (SSSR count). The van der Waals surface area contributed by atoms with Crippen LogP contribution in [0.3, 0.4) is 0 Å². The summed E-state index contributed by atoms with van der Waals surface area (Å²) in [6, 6.07) is 13.3. The first-order chi connectivity index (χ1) is 10.6. The second kappa shape index (κ2) is 6.36. The van der Waals surface area contributed by atoms with Gasteiger partial charge in [-0.25, -0.2) is 8.42 Å². The predicted octanol–water partition coefficient (Wildman–Crippen LogP) is 0.917. The number of fused-ring (bicyclic) bond motifs is 1. The highest BCUT2D eigenvalue weighted by molar-refractivity contribution is 7.91. The van der Waals surface area contributed by atoms with Crippen LogP contribution in [0.2, 0.25) is 0 Å². The van der Waals surface area contributed by atoms with E-state index in [0.29, 0.717) is 4.90 Å². The zero-order chi connectivity index (χ0) is 15.6. The lowest BCUT2D eigenvalue weighted by Crippen LogP contribution is -3.17. The lowest BCUT2D eigenvalue weighted by atomic mass is 10.1. The van der Waals surface area contributed by atoms with E-state index in [0.717, 1.165) is 37.1 Å². The van der Waals surface area contributed by atoms with Gasteiger partial charge in [0.05, 0.1) is 24.2 Å². The maximum atomic E-state index is 12.7. The van der Waals surface area contributed by atoms with Crippen molar-refractivity contribution >= 4 is 20.6 Å². The molecule has 118 valence electrons. The van der Waals surface area contributed by atoms with Crippen molar-refractivity contribution in [3.05, 3.63) is 42.5 Å². The minimum absolute atomic E-state index is 0.0837. The monoisotopic (exact) mass is 320 g/mol. The maximum absolute atomic E-state index is 12.7. The van der Waals surface area contributed by atoms with Gasteiger partial charge in [-0.05, 0) is 29.8 Å².